The van der Waals surface area contributed by atoms with Crippen molar-refractivity contribution in [1.82, 2.24) is 10.3 Å². The fourth-order valence-corrected chi connectivity index (χ4v) is 2.73. The maximum atomic E-state index is 11.4. The summed E-state index contributed by atoms with van der Waals surface area (Å²) in [7, 11) is 3.79. The van der Waals surface area contributed by atoms with E-state index in [0.717, 1.165) is 47.5 Å². The van der Waals surface area contributed by atoms with Crippen LogP contribution in [-0.4, -0.2) is 38.1 Å². The molecule has 0 aliphatic carbocycles. The van der Waals surface area contributed by atoms with Crippen LogP contribution in [0.4, 0.5) is 5.69 Å². The number of likely N-dealkylation sites (N-methyl/N-ethyl adjacent to an activating group) is 1. The monoisotopic (exact) mass is 376 g/mol. The van der Waals surface area contributed by atoms with Gasteiger partial charge in [0, 0.05) is 37.0 Å². The zero-order chi connectivity index (χ0) is 20.4. The Bertz CT molecular complexity index is 875. The van der Waals surface area contributed by atoms with E-state index >= 15 is 0 Å². The van der Waals surface area contributed by atoms with Crippen molar-refractivity contribution in [2.75, 3.05) is 25.6 Å². The number of hydrogen-bond acceptors (Lipinski definition) is 4. The number of aldehydes is 1. The van der Waals surface area contributed by atoms with Crippen molar-refractivity contribution in [2.24, 2.45) is 5.10 Å². The summed E-state index contributed by atoms with van der Waals surface area (Å²) in [6.45, 7) is 6.85. The Labute approximate surface area is 167 Å². The van der Waals surface area contributed by atoms with E-state index in [4.69, 9.17) is 0 Å². The number of nitrogens with zero attached hydrogens (tertiary/aromatic N) is 2. The number of hydrogen-bond donors (Lipinski definition) is 2. The lowest BCUT2D eigenvalue weighted by atomic mass is 10.1. The Hall–Kier alpha value is -3.18. The maximum Gasteiger partial charge on any atom is 0.151 e. The Balaban J connectivity index is 2.21. The number of benzene rings is 1. The molecular weight excluding hydrogens is 348 g/mol. The molecule has 1 aromatic carbocycles. The molecule has 0 bridgehead atoms. The van der Waals surface area contributed by atoms with Gasteiger partial charge in [0.1, 0.15) is 0 Å². The molecule has 0 atom stereocenters. The predicted octanol–water partition coefficient (Wildman–Crippen LogP) is 4.23. The van der Waals surface area contributed by atoms with E-state index in [1.807, 2.05) is 75.6 Å². The summed E-state index contributed by atoms with van der Waals surface area (Å²) in [6.07, 6.45) is 9.27. The summed E-state index contributed by atoms with van der Waals surface area (Å²) in [6, 6.07) is 11.8. The van der Waals surface area contributed by atoms with Gasteiger partial charge < -0.3 is 10.3 Å². The predicted molar refractivity (Wildman–Crippen MR) is 119 cm³/mol. The molecule has 2 N–H and O–H groups in total. The Morgan fingerprint density at radius 2 is 2.07 bits per heavy atom. The lowest BCUT2D eigenvalue weighted by Gasteiger charge is -2.12. The van der Waals surface area contributed by atoms with Crippen LogP contribution in [0.2, 0.25) is 0 Å². The van der Waals surface area contributed by atoms with Crippen molar-refractivity contribution in [3.63, 3.8) is 0 Å². The molecular formula is C23H28N4O. The molecule has 5 heteroatoms. The lowest BCUT2D eigenvalue weighted by molar-refractivity contribution is 0.112. The molecule has 0 fully saturated rings. The SMILES string of the molecule is C=C(/C=N/N(C)c1ccccc1)/C=C(\C=C/C)c1cc(C=O)c(CCNC)[nH]1. The highest BCUT2D eigenvalue weighted by atomic mass is 16.1. The van der Waals surface area contributed by atoms with Gasteiger partial charge in [0.15, 0.2) is 6.29 Å². The maximum absolute atomic E-state index is 11.4. The number of carbonyl (C=O) groups excluding carboxylic acids is 1. The quantitative estimate of drug-likeness (QED) is 0.282. The van der Waals surface area contributed by atoms with Gasteiger partial charge in [-0.05, 0) is 49.4 Å². The molecule has 28 heavy (non-hydrogen) atoms. The number of hydrazone groups is 1. The number of anilines is 1. The van der Waals surface area contributed by atoms with E-state index in [1.54, 1.807) is 11.2 Å². The molecule has 0 radical (unpaired) electrons. The number of rotatable bonds is 10. The van der Waals surface area contributed by atoms with Crippen molar-refractivity contribution in [3.8, 4) is 0 Å². The third-order valence-electron chi connectivity index (χ3n) is 4.21. The highest BCUT2D eigenvalue weighted by Gasteiger charge is 2.09. The standard InChI is InChI=1S/C23H28N4O/c1-5-9-19(23-15-20(17-28)22(26-23)12-13-24-3)14-18(2)16-25-27(4)21-10-7-6-8-11-21/h5-11,14-17,24,26H,2,12-13H2,1,3-4H3/b9-5-,19-14+,25-16+. The first-order valence-corrected chi connectivity index (χ1v) is 9.27. The fraction of sp³-hybridized carbons (Fsp3) is 0.217. The Morgan fingerprint density at radius 1 is 1.32 bits per heavy atom. The smallest absolute Gasteiger partial charge is 0.151 e. The van der Waals surface area contributed by atoms with Crippen molar-refractivity contribution < 1.29 is 4.79 Å². The van der Waals surface area contributed by atoms with Crippen LogP contribution in [0, 0.1) is 0 Å². The largest absolute Gasteiger partial charge is 0.358 e. The van der Waals surface area contributed by atoms with E-state index in [1.165, 1.54) is 0 Å². The summed E-state index contributed by atoms with van der Waals surface area (Å²) in [5.41, 5.74) is 5.20. The second-order valence-corrected chi connectivity index (χ2v) is 6.37. The van der Waals surface area contributed by atoms with Gasteiger partial charge in [-0.25, -0.2) is 0 Å². The van der Waals surface area contributed by atoms with E-state index in [0.29, 0.717) is 5.56 Å². The molecule has 1 aromatic heterocycles. The molecule has 0 unspecified atom stereocenters. The summed E-state index contributed by atoms with van der Waals surface area (Å²) < 4.78 is 0. The number of allylic oxidation sites excluding steroid dienone is 5. The Kier molecular flexibility index (Phi) is 8.18. The van der Waals surface area contributed by atoms with Crippen LogP contribution in [0.25, 0.3) is 5.57 Å². The summed E-state index contributed by atoms with van der Waals surface area (Å²) in [5.74, 6) is 0. The molecule has 0 spiro atoms. The van der Waals surface area contributed by atoms with Gasteiger partial charge in [0.25, 0.3) is 0 Å². The van der Waals surface area contributed by atoms with Gasteiger partial charge in [-0.1, -0.05) is 36.9 Å². The highest BCUT2D eigenvalue weighted by Crippen LogP contribution is 2.20. The summed E-state index contributed by atoms with van der Waals surface area (Å²) in [4.78, 5) is 14.8. The third kappa shape index (κ3) is 5.93. The average molecular weight is 377 g/mol. The van der Waals surface area contributed by atoms with Gasteiger partial charge in [0.2, 0.25) is 0 Å². The molecule has 0 aliphatic heterocycles. The van der Waals surface area contributed by atoms with Crippen molar-refractivity contribution >= 4 is 23.8 Å². The fourth-order valence-electron chi connectivity index (χ4n) is 2.73. The van der Waals surface area contributed by atoms with Crippen LogP contribution < -0.4 is 10.3 Å². The Morgan fingerprint density at radius 3 is 2.71 bits per heavy atom. The van der Waals surface area contributed by atoms with Gasteiger partial charge in [0.05, 0.1) is 11.9 Å². The van der Waals surface area contributed by atoms with Crippen LogP contribution in [0.5, 0.6) is 0 Å². The topological polar surface area (TPSA) is 60.5 Å². The zero-order valence-corrected chi connectivity index (χ0v) is 16.8. The highest BCUT2D eigenvalue weighted by molar-refractivity contribution is 5.89. The zero-order valence-electron chi connectivity index (χ0n) is 16.8. The van der Waals surface area contributed by atoms with E-state index < -0.39 is 0 Å². The van der Waals surface area contributed by atoms with Crippen molar-refractivity contribution in [2.45, 2.75) is 13.3 Å². The first kappa shape index (κ1) is 21.1. The first-order valence-electron chi connectivity index (χ1n) is 9.27. The van der Waals surface area contributed by atoms with Gasteiger partial charge >= 0.3 is 0 Å². The normalized spacial score (nSPS) is 12.0. The second-order valence-electron chi connectivity index (χ2n) is 6.37. The van der Waals surface area contributed by atoms with Crippen LogP contribution in [0.15, 0.2) is 71.9 Å². The third-order valence-corrected chi connectivity index (χ3v) is 4.21. The van der Waals surface area contributed by atoms with Crippen LogP contribution >= 0.6 is 0 Å². The second kappa shape index (κ2) is 10.8. The lowest BCUT2D eigenvalue weighted by Crippen LogP contribution is -2.11. The molecule has 2 aromatic rings. The minimum absolute atomic E-state index is 0.684. The number of H-pyrrole nitrogens is 1. The molecule has 1 heterocycles. The van der Waals surface area contributed by atoms with Crippen LogP contribution in [-0.2, 0) is 6.42 Å². The van der Waals surface area contributed by atoms with Crippen molar-refractivity contribution in [3.05, 3.63) is 83.7 Å². The van der Waals surface area contributed by atoms with Crippen molar-refractivity contribution in [1.29, 1.82) is 0 Å². The molecule has 146 valence electrons. The van der Waals surface area contributed by atoms with Gasteiger partial charge in [-0.3, -0.25) is 9.80 Å². The van der Waals surface area contributed by atoms with E-state index in [-0.39, 0.29) is 0 Å². The minimum Gasteiger partial charge on any atom is -0.358 e. The molecule has 0 saturated heterocycles. The number of aromatic amines is 1. The minimum atomic E-state index is 0.684. The molecule has 0 aliphatic rings. The van der Waals surface area contributed by atoms with E-state index in [2.05, 4.69) is 22.0 Å². The van der Waals surface area contributed by atoms with Gasteiger partial charge in [-0.2, -0.15) is 5.10 Å². The number of carbonyl (C=O) groups is 1. The molecule has 0 amide bonds. The number of nitrogens with one attached hydrogen (secondary N) is 2. The molecule has 0 saturated carbocycles. The van der Waals surface area contributed by atoms with Gasteiger partial charge in [-0.15, -0.1) is 0 Å². The first-order chi connectivity index (χ1) is 13.6. The van der Waals surface area contributed by atoms with Crippen LogP contribution in [0.3, 0.4) is 0 Å². The number of para-hydroxylation sites is 1. The van der Waals surface area contributed by atoms with Crippen LogP contribution in [0.1, 0.15) is 28.7 Å². The molecule has 2 rings (SSSR count). The number of aromatic nitrogens is 1. The summed E-state index contributed by atoms with van der Waals surface area (Å²) >= 11 is 0. The average Bonchev–Trinajstić information content (AvgIpc) is 3.14. The van der Waals surface area contributed by atoms with E-state index in [9.17, 15) is 4.79 Å². The summed E-state index contributed by atoms with van der Waals surface area (Å²) in [5, 5.41) is 9.34. The molecule has 5 nitrogen and oxygen atoms in total.